The average Bonchev–Trinajstić information content (AvgIpc) is 2.69. The van der Waals surface area contributed by atoms with Gasteiger partial charge in [-0.05, 0) is 18.8 Å². The number of carbonyl (C=O) groups excluding carboxylic acids is 4. The minimum absolute atomic E-state index is 0.0218. The van der Waals surface area contributed by atoms with Crippen LogP contribution >= 0.6 is 12.6 Å². The van der Waals surface area contributed by atoms with Crippen molar-refractivity contribution in [2.75, 3.05) is 5.75 Å². The van der Waals surface area contributed by atoms with Crippen molar-refractivity contribution in [1.82, 2.24) is 16.0 Å². The molecule has 4 amide bonds. The molecule has 182 valence electrons. The van der Waals surface area contributed by atoms with Gasteiger partial charge in [-0.2, -0.15) is 12.6 Å². The van der Waals surface area contributed by atoms with Gasteiger partial charge in [-0.1, -0.05) is 13.8 Å². The maximum atomic E-state index is 12.6. The number of rotatable bonds is 15. The van der Waals surface area contributed by atoms with E-state index in [1.165, 1.54) is 0 Å². The van der Waals surface area contributed by atoms with Gasteiger partial charge in [0, 0.05) is 18.6 Å². The standard InChI is InChI=1S/C18H31N5O8S/c1-8(2)14(17(29)21-10(18(30)31)4-6-13(25)26)23-16(28)11(7-32)22-15(27)9(19)3-5-12(20)24/h8-11,14,32H,3-7,19H2,1-2H3,(H2,20,24)(H,21,29)(H,22,27)(H,23,28)(H,25,26)(H,30,31). The van der Waals surface area contributed by atoms with Crippen LogP contribution in [0.3, 0.4) is 0 Å². The second kappa shape index (κ2) is 14.2. The van der Waals surface area contributed by atoms with Crippen LogP contribution in [0.15, 0.2) is 0 Å². The topological polar surface area (TPSA) is 231 Å². The van der Waals surface area contributed by atoms with Gasteiger partial charge in [0.15, 0.2) is 0 Å². The molecule has 0 radical (unpaired) electrons. The summed E-state index contributed by atoms with van der Waals surface area (Å²) in [6, 6.07) is -4.88. The highest BCUT2D eigenvalue weighted by atomic mass is 32.1. The summed E-state index contributed by atoms with van der Waals surface area (Å²) in [6.07, 6.45) is -0.950. The molecule has 0 aromatic carbocycles. The summed E-state index contributed by atoms with van der Waals surface area (Å²) in [5.41, 5.74) is 10.7. The maximum Gasteiger partial charge on any atom is 0.326 e. The number of nitrogens with one attached hydrogen (secondary N) is 3. The van der Waals surface area contributed by atoms with Crippen molar-refractivity contribution in [3.63, 3.8) is 0 Å². The Hall–Kier alpha value is -2.87. The number of thiol groups is 1. The first-order chi connectivity index (χ1) is 14.8. The molecule has 4 unspecified atom stereocenters. The Morgan fingerprint density at radius 2 is 1.41 bits per heavy atom. The molecular weight excluding hydrogens is 446 g/mol. The molecule has 0 aromatic rings. The van der Waals surface area contributed by atoms with E-state index in [4.69, 9.17) is 16.6 Å². The molecule has 0 aromatic heterocycles. The number of nitrogens with two attached hydrogens (primary N) is 2. The molecule has 0 saturated heterocycles. The molecule has 0 bridgehead atoms. The van der Waals surface area contributed by atoms with Gasteiger partial charge in [-0.15, -0.1) is 0 Å². The molecule has 13 nitrogen and oxygen atoms in total. The van der Waals surface area contributed by atoms with Crippen LogP contribution in [0, 0.1) is 5.92 Å². The summed E-state index contributed by atoms with van der Waals surface area (Å²) in [4.78, 5) is 70.1. The maximum absolute atomic E-state index is 12.6. The van der Waals surface area contributed by atoms with Crippen molar-refractivity contribution in [2.24, 2.45) is 17.4 Å². The highest BCUT2D eigenvalue weighted by Crippen LogP contribution is 2.06. The molecule has 0 heterocycles. The third kappa shape index (κ3) is 10.9. The number of aliphatic carboxylic acids is 2. The monoisotopic (exact) mass is 477 g/mol. The van der Waals surface area contributed by atoms with Crippen LogP contribution in [0.2, 0.25) is 0 Å². The van der Waals surface area contributed by atoms with Crippen LogP contribution in [0.25, 0.3) is 0 Å². The highest BCUT2D eigenvalue weighted by Gasteiger charge is 2.31. The predicted octanol–water partition coefficient (Wildman–Crippen LogP) is -2.43. The van der Waals surface area contributed by atoms with Gasteiger partial charge >= 0.3 is 11.9 Å². The molecular formula is C18H31N5O8S. The summed E-state index contributed by atoms with van der Waals surface area (Å²) < 4.78 is 0. The second-order valence-electron chi connectivity index (χ2n) is 7.42. The van der Waals surface area contributed by atoms with E-state index in [-0.39, 0.29) is 25.0 Å². The van der Waals surface area contributed by atoms with Crippen LogP contribution in [0.5, 0.6) is 0 Å². The Morgan fingerprint density at radius 1 is 0.844 bits per heavy atom. The molecule has 0 rings (SSSR count). The van der Waals surface area contributed by atoms with Gasteiger partial charge in [0.2, 0.25) is 23.6 Å². The number of carboxylic acids is 2. The van der Waals surface area contributed by atoms with Gasteiger partial charge in [0.25, 0.3) is 0 Å². The molecule has 4 atom stereocenters. The van der Waals surface area contributed by atoms with Gasteiger partial charge in [0.1, 0.15) is 18.1 Å². The summed E-state index contributed by atoms with van der Waals surface area (Å²) >= 11 is 4.01. The lowest BCUT2D eigenvalue weighted by Gasteiger charge is -2.26. The molecule has 14 heteroatoms. The quantitative estimate of drug-likeness (QED) is 0.117. The molecule has 32 heavy (non-hydrogen) atoms. The molecule has 9 N–H and O–H groups in total. The van der Waals surface area contributed by atoms with E-state index < -0.39 is 72.1 Å². The predicted molar refractivity (Wildman–Crippen MR) is 115 cm³/mol. The van der Waals surface area contributed by atoms with Gasteiger partial charge in [0.05, 0.1) is 6.04 Å². The minimum Gasteiger partial charge on any atom is -0.481 e. The lowest BCUT2D eigenvalue weighted by molar-refractivity contribution is -0.143. The Labute approximate surface area is 190 Å². The summed E-state index contributed by atoms with van der Waals surface area (Å²) in [5, 5.41) is 24.9. The Balaban J connectivity index is 5.15. The summed E-state index contributed by atoms with van der Waals surface area (Å²) in [6.45, 7) is 3.21. The molecule has 0 saturated carbocycles. The zero-order valence-electron chi connectivity index (χ0n) is 17.9. The number of carbonyl (C=O) groups is 6. The summed E-state index contributed by atoms with van der Waals surface area (Å²) in [5.74, 6) is -6.18. The van der Waals surface area contributed by atoms with Crippen LogP contribution in [-0.4, -0.2) is 75.7 Å². The molecule has 0 aliphatic heterocycles. The van der Waals surface area contributed by atoms with Crippen molar-refractivity contribution in [3.8, 4) is 0 Å². The molecule has 0 aliphatic carbocycles. The van der Waals surface area contributed by atoms with Crippen LogP contribution in [0.1, 0.15) is 39.5 Å². The molecule has 0 aliphatic rings. The van der Waals surface area contributed by atoms with Crippen molar-refractivity contribution < 1.29 is 39.0 Å². The normalized spacial score (nSPS) is 14.5. The van der Waals surface area contributed by atoms with Crippen LogP contribution in [-0.2, 0) is 28.8 Å². The summed E-state index contributed by atoms with van der Waals surface area (Å²) in [7, 11) is 0. The number of amides is 4. The minimum atomic E-state index is -1.46. The first kappa shape index (κ1) is 29.1. The van der Waals surface area contributed by atoms with Crippen molar-refractivity contribution in [1.29, 1.82) is 0 Å². The largest absolute Gasteiger partial charge is 0.481 e. The fourth-order valence-electron chi connectivity index (χ4n) is 2.48. The molecule has 0 fully saturated rings. The lowest BCUT2D eigenvalue weighted by atomic mass is 10.0. The van der Waals surface area contributed by atoms with Gasteiger partial charge in [-0.25, -0.2) is 4.79 Å². The first-order valence-electron chi connectivity index (χ1n) is 9.80. The Kier molecular flexibility index (Phi) is 13.0. The van der Waals surface area contributed by atoms with Crippen molar-refractivity contribution in [2.45, 2.75) is 63.7 Å². The Bertz CT molecular complexity index is 717. The van der Waals surface area contributed by atoms with E-state index in [0.717, 1.165) is 0 Å². The number of hydrogen-bond acceptors (Lipinski definition) is 8. The molecule has 0 spiro atoms. The number of hydrogen-bond donors (Lipinski definition) is 8. The second-order valence-corrected chi connectivity index (χ2v) is 7.78. The van der Waals surface area contributed by atoms with E-state index in [2.05, 4.69) is 28.6 Å². The van der Waals surface area contributed by atoms with E-state index in [1.54, 1.807) is 13.8 Å². The Morgan fingerprint density at radius 3 is 1.84 bits per heavy atom. The van der Waals surface area contributed by atoms with E-state index >= 15 is 0 Å². The van der Waals surface area contributed by atoms with E-state index in [9.17, 15) is 33.9 Å². The number of carboxylic acid groups (broad SMARTS) is 2. The lowest BCUT2D eigenvalue weighted by Crippen LogP contribution is -2.59. The van der Waals surface area contributed by atoms with Crippen LogP contribution < -0.4 is 27.4 Å². The zero-order chi connectivity index (χ0) is 25.0. The zero-order valence-corrected chi connectivity index (χ0v) is 18.8. The third-order valence-electron chi connectivity index (χ3n) is 4.36. The van der Waals surface area contributed by atoms with Crippen molar-refractivity contribution in [3.05, 3.63) is 0 Å². The van der Waals surface area contributed by atoms with Crippen LogP contribution in [0.4, 0.5) is 0 Å². The van der Waals surface area contributed by atoms with E-state index in [1.807, 2.05) is 0 Å². The fourth-order valence-corrected chi connectivity index (χ4v) is 2.73. The third-order valence-corrected chi connectivity index (χ3v) is 4.73. The average molecular weight is 478 g/mol. The SMILES string of the molecule is CC(C)C(NC(=O)C(CS)NC(=O)C(N)CCC(N)=O)C(=O)NC(CCC(=O)O)C(=O)O. The first-order valence-corrected chi connectivity index (χ1v) is 10.4. The number of primary amides is 1. The van der Waals surface area contributed by atoms with Gasteiger partial charge < -0.3 is 37.6 Å². The highest BCUT2D eigenvalue weighted by molar-refractivity contribution is 7.80. The van der Waals surface area contributed by atoms with E-state index in [0.29, 0.717) is 0 Å². The fraction of sp³-hybridized carbons (Fsp3) is 0.667. The van der Waals surface area contributed by atoms with Gasteiger partial charge in [-0.3, -0.25) is 24.0 Å². The smallest absolute Gasteiger partial charge is 0.326 e. The van der Waals surface area contributed by atoms with Crippen molar-refractivity contribution >= 4 is 48.2 Å².